The quantitative estimate of drug-likeness (QED) is 0.287. The number of nitro groups is 1. The molecule has 5 rings (SSSR count). The van der Waals surface area contributed by atoms with Crippen molar-refractivity contribution in [3.8, 4) is 11.4 Å². The second kappa shape index (κ2) is 9.03. The molecule has 4 aromatic rings. The Morgan fingerprint density at radius 2 is 1.74 bits per heavy atom. The number of non-ortho nitro benzene ring substituents is 1. The van der Waals surface area contributed by atoms with Gasteiger partial charge in [0.05, 0.1) is 10.5 Å². The molecule has 0 fully saturated rings. The molecule has 3 aromatic carbocycles. The summed E-state index contributed by atoms with van der Waals surface area (Å²) >= 11 is 6.12. The highest BCUT2D eigenvalue weighted by atomic mass is 35.5. The fourth-order valence-electron chi connectivity index (χ4n) is 3.97. The van der Waals surface area contributed by atoms with Crippen LogP contribution in [-0.4, -0.2) is 25.6 Å². The summed E-state index contributed by atoms with van der Waals surface area (Å²) in [5.41, 5.74) is 3.17. The third-order valence-corrected chi connectivity index (χ3v) is 5.90. The van der Waals surface area contributed by atoms with Gasteiger partial charge in [-0.2, -0.15) is 4.98 Å². The van der Waals surface area contributed by atoms with Crippen LogP contribution in [0.1, 0.15) is 18.5 Å². The number of benzene rings is 3. The van der Waals surface area contributed by atoms with E-state index in [2.05, 4.69) is 20.7 Å². The van der Waals surface area contributed by atoms with Crippen molar-refractivity contribution in [2.24, 2.45) is 0 Å². The molecule has 2 N–H and O–H groups in total. The largest absolute Gasteiger partial charge is 0.328 e. The van der Waals surface area contributed by atoms with E-state index in [1.165, 1.54) is 12.1 Å². The Hall–Kier alpha value is -4.50. The van der Waals surface area contributed by atoms with Crippen LogP contribution in [-0.2, 0) is 4.79 Å². The Bertz CT molecular complexity index is 1450. The molecule has 1 amide bonds. The maximum absolute atomic E-state index is 13.5. The number of halogens is 1. The summed E-state index contributed by atoms with van der Waals surface area (Å²) in [6, 6.07) is 21.8. The third-order valence-electron chi connectivity index (χ3n) is 5.65. The van der Waals surface area contributed by atoms with Crippen molar-refractivity contribution in [3.63, 3.8) is 0 Å². The average Bonchev–Trinajstić information content (AvgIpc) is 3.28. The second-order valence-corrected chi connectivity index (χ2v) is 8.38. The molecule has 1 aliphatic heterocycles. The molecule has 1 atom stereocenters. The number of aromatic nitrogens is 3. The summed E-state index contributed by atoms with van der Waals surface area (Å²) in [7, 11) is 0. The zero-order valence-electron chi connectivity index (χ0n) is 18.5. The molecular weight excluding hydrogens is 468 g/mol. The van der Waals surface area contributed by atoms with E-state index in [-0.39, 0.29) is 11.6 Å². The fourth-order valence-corrected chi connectivity index (χ4v) is 4.10. The lowest BCUT2D eigenvalue weighted by molar-refractivity contribution is -0.384. The molecule has 0 radical (unpaired) electrons. The minimum atomic E-state index is -0.577. The average molecular weight is 487 g/mol. The van der Waals surface area contributed by atoms with Gasteiger partial charge in [-0.15, -0.1) is 5.10 Å². The first-order valence-corrected chi connectivity index (χ1v) is 11.1. The van der Waals surface area contributed by atoms with E-state index in [9.17, 15) is 14.9 Å². The van der Waals surface area contributed by atoms with Crippen molar-refractivity contribution < 1.29 is 9.72 Å². The van der Waals surface area contributed by atoms with E-state index in [0.717, 1.165) is 5.56 Å². The standard InChI is InChI=1S/C25H19ClN6O3/c1-15-21(24(33)28-19-5-3-2-4-6-19)22(16-7-11-18(26)12-8-16)31-25(27-15)29-23(30-31)17-9-13-20(14-10-17)32(34)35/h2-14,22H,1H3,(H,28,33)(H,27,29,30)/t22-/m0/s1. The molecule has 0 spiro atoms. The number of hydrogen-bond donors (Lipinski definition) is 2. The number of para-hydroxylation sites is 1. The summed E-state index contributed by atoms with van der Waals surface area (Å²) in [5.74, 6) is 0.546. The molecule has 0 aliphatic carbocycles. The molecule has 1 aromatic heterocycles. The molecule has 2 heterocycles. The monoisotopic (exact) mass is 486 g/mol. The predicted octanol–water partition coefficient (Wildman–Crippen LogP) is 5.43. The van der Waals surface area contributed by atoms with Crippen LogP contribution in [0.3, 0.4) is 0 Å². The molecule has 0 saturated carbocycles. The molecular formula is C25H19ClN6O3. The smallest absolute Gasteiger partial charge is 0.269 e. The fraction of sp³-hybridized carbons (Fsp3) is 0.0800. The van der Waals surface area contributed by atoms with Crippen LogP contribution >= 0.6 is 11.6 Å². The van der Waals surface area contributed by atoms with Gasteiger partial charge in [0.15, 0.2) is 5.82 Å². The number of nitrogens with zero attached hydrogens (tertiary/aromatic N) is 4. The van der Waals surface area contributed by atoms with Crippen LogP contribution in [0.5, 0.6) is 0 Å². The van der Waals surface area contributed by atoms with Gasteiger partial charge in [0.25, 0.3) is 11.6 Å². The lowest BCUT2D eigenvalue weighted by Crippen LogP contribution is -2.31. The van der Waals surface area contributed by atoms with Gasteiger partial charge in [-0.3, -0.25) is 14.9 Å². The number of allylic oxidation sites excluding steroid dienone is 1. The van der Waals surface area contributed by atoms with Crippen LogP contribution in [0, 0.1) is 10.1 Å². The van der Waals surface area contributed by atoms with Gasteiger partial charge in [-0.25, -0.2) is 4.68 Å². The number of nitro benzene ring substituents is 1. The van der Waals surface area contributed by atoms with Gasteiger partial charge >= 0.3 is 0 Å². The normalized spacial score (nSPS) is 14.7. The van der Waals surface area contributed by atoms with Crippen LogP contribution in [0.4, 0.5) is 17.3 Å². The van der Waals surface area contributed by atoms with E-state index in [1.54, 1.807) is 28.9 Å². The van der Waals surface area contributed by atoms with Gasteiger partial charge in [0.1, 0.15) is 6.04 Å². The van der Waals surface area contributed by atoms with Crippen LogP contribution in [0.15, 0.2) is 90.1 Å². The number of nitrogens with one attached hydrogen (secondary N) is 2. The van der Waals surface area contributed by atoms with Crippen molar-refractivity contribution in [1.82, 2.24) is 14.8 Å². The molecule has 0 bridgehead atoms. The van der Waals surface area contributed by atoms with Crippen LogP contribution in [0.25, 0.3) is 11.4 Å². The number of amides is 1. The molecule has 0 saturated heterocycles. The van der Waals surface area contributed by atoms with E-state index < -0.39 is 11.0 Å². The van der Waals surface area contributed by atoms with Gasteiger partial charge in [-0.1, -0.05) is 41.9 Å². The summed E-state index contributed by atoms with van der Waals surface area (Å²) in [6.45, 7) is 1.81. The highest BCUT2D eigenvalue weighted by Crippen LogP contribution is 2.37. The topological polar surface area (TPSA) is 115 Å². The van der Waals surface area contributed by atoms with Crippen LogP contribution in [0.2, 0.25) is 5.02 Å². The van der Waals surface area contributed by atoms with Crippen LogP contribution < -0.4 is 10.6 Å². The molecule has 10 heteroatoms. The Morgan fingerprint density at radius 3 is 2.40 bits per heavy atom. The SMILES string of the molecule is CC1=C(C(=O)Nc2ccccc2)[C@H](c2ccc(Cl)cc2)n2nc(-c3ccc([N+](=O)[O-])cc3)nc2N1. The van der Waals surface area contributed by atoms with Gasteiger partial charge in [-0.05, 0) is 48.9 Å². The molecule has 0 unspecified atom stereocenters. The van der Waals surface area contributed by atoms with Gasteiger partial charge < -0.3 is 10.6 Å². The number of rotatable bonds is 5. The van der Waals surface area contributed by atoms with Gasteiger partial charge in [0.2, 0.25) is 5.95 Å². The minimum absolute atomic E-state index is 0.0210. The summed E-state index contributed by atoms with van der Waals surface area (Å²) in [6.07, 6.45) is 0. The Morgan fingerprint density at radius 1 is 1.06 bits per heavy atom. The summed E-state index contributed by atoms with van der Waals surface area (Å²) in [4.78, 5) is 28.6. The molecule has 174 valence electrons. The number of carbonyl (C=O) groups excluding carboxylic acids is 1. The lowest BCUT2D eigenvalue weighted by Gasteiger charge is -2.28. The number of hydrogen-bond acceptors (Lipinski definition) is 6. The van der Waals surface area contributed by atoms with Crippen molar-refractivity contribution in [1.29, 1.82) is 0 Å². The predicted molar refractivity (Wildman–Crippen MR) is 133 cm³/mol. The van der Waals surface area contributed by atoms with Crippen molar-refractivity contribution in [3.05, 3.63) is 111 Å². The lowest BCUT2D eigenvalue weighted by atomic mass is 9.95. The highest BCUT2D eigenvalue weighted by Gasteiger charge is 2.34. The first kappa shape index (κ1) is 22.3. The number of carbonyl (C=O) groups is 1. The van der Waals surface area contributed by atoms with Crippen molar-refractivity contribution in [2.45, 2.75) is 13.0 Å². The molecule has 9 nitrogen and oxygen atoms in total. The molecule has 1 aliphatic rings. The molecule has 35 heavy (non-hydrogen) atoms. The number of fused-ring (bicyclic) bond motifs is 1. The third kappa shape index (κ3) is 4.36. The minimum Gasteiger partial charge on any atom is -0.328 e. The zero-order chi connectivity index (χ0) is 24.5. The Kier molecular flexibility index (Phi) is 5.76. The van der Waals surface area contributed by atoms with Gasteiger partial charge in [0, 0.05) is 34.1 Å². The maximum atomic E-state index is 13.5. The summed E-state index contributed by atoms with van der Waals surface area (Å²) < 4.78 is 1.65. The summed E-state index contributed by atoms with van der Waals surface area (Å²) in [5, 5.41) is 22.4. The van der Waals surface area contributed by atoms with E-state index in [4.69, 9.17) is 11.6 Å². The van der Waals surface area contributed by atoms with E-state index in [0.29, 0.717) is 39.3 Å². The van der Waals surface area contributed by atoms with E-state index >= 15 is 0 Å². The Balaban J connectivity index is 1.58. The van der Waals surface area contributed by atoms with E-state index in [1.807, 2.05) is 49.4 Å². The Labute approximate surface area is 205 Å². The second-order valence-electron chi connectivity index (χ2n) is 7.95. The first-order valence-electron chi connectivity index (χ1n) is 10.7. The number of anilines is 2. The highest BCUT2D eigenvalue weighted by molar-refractivity contribution is 6.30. The first-order chi connectivity index (χ1) is 16.9. The van der Waals surface area contributed by atoms with Crippen molar-refractivity contribution >= 4 is 34.8 Å². The zero-order valence-corrected chi connectivity index (χ0v) is 19.2. The van der Waals surface area contributed by atoms with Crippen molar-refractivity contribution in [2.75, 3.05) is 10.6 Å². The maximum Gasteiger partial charge on any atom is 0.269 e.